The van der Waals surface area contributed by atoms with Gasteiger partial charge in [-0.25, -0.2) is 0 Å². The number of hydrogen-bond acceptors (Lipinski definition) is 2. The Bertz CT molecular complexity index is 127. The molecule has 2 fully saturated rings. The molecule has 0 aromatic heterocycles. The standard InChI is InChI=1S/C7H11BrO2/c8-5-3-1-2-4(5)7(10)6(3)9/h3-7,9-10H,1-2H2. The highest BCUT2D eigenvalue weighted by Gasteiger charge is 2.52. The molecule has 0 saturated heterocycles. The fourth-order valence-corrected chi connectivity index (χ4v) is 3.40. The lowest BCUT2D eigenvalue weighted by molar-refractivity contribution is -0.0160. The minimum absolute atomic E-state index is 0.306. The Morgan fingerprint density at radius 1 is 1.00 bits per heavy atom. The summed E-state index contributed by atoms with van der Waals surface area (Å²) in [5.74, 6) is 0.611. The molecule has 0 aromatic rings. The number of halogens is 1. The third-order valence-corrected chi connectivity index (χ3v) is 4.24. The van der Waals surface area contributed by atoms with Crippen LogP contribution < -0.4 is 0 Å². The van der Waals surface area contributed by atoms with Crippen molar-refractivity contribution in [1.82, 2.24) is 0 Å². The summed E-state index contributed by atoms with van der Waals surface area (Å²) in [4.78, 5) is 0.359. The van der Waals surface area contributed by atoms with E-state index in [-0.39, 0.29) is 0 Å². The third-order valence-electron chi connectivity index (χ3n) is 2.88. The highest BCUT2D eigenvalue weighted by Crippen LogP contribution is 2.48. The molecule has 2 aliphatic carbocycles. The summed E-state index contributed by atoms with van der Waals surface area (Å²) in [6, 6.07) is 0. The summed E-state index contributed by atoms with van der Waals surface area (Å²) in [5, 5.41) is 18.8. The van der Waals surface area contributed by atoms with Crippen LogP contribution in [0.2, 0.25) is 0 Å². The van der Waals surface area contributed by atoms with Crippen molar-refractivity contribution in [2.75, 3.05) is 0 Å². The molecule has 0 aromatic carbocycles. The van der Waals surface area contributed by atoms with E-state index in [1.54, 1.807) is 0 Å². The topological polar surface area (TPSA) is 40.5 Å². The van der Waals surface area contributed by atoms with E-state index in [9.17, 15) is 10.2 Å². The Morgan fingerprint density at radius 2 is 1.40 bits per heavy atom. The van der Waals surface area contributed by atoms with Gasteiger partial charge in [0.25, 0.3) is 0 Å². The van der Waals surface area contributed by atoms with Gasteiger partial charge in [0.2, 0.25) is 0 Å². The smallest absolute Gasteiger partial charge is 0.0841 e. The lowest BCUT2D eigenvalue weighted by Gasteiger charge is -2.21. The van der Waals surface area contributed by atoms with Crippen molar-refractivity contribution < 1.29 is 10.2 Å². The molecular weight excluding hydrogens is 196 g/mol. The third kappa shape index (κ3) is 0.713. The molecule has 2 aliphatic rings. The number of fused-ring (bicyclic) bond motifs is 2. The van der Waals surface area contributed by atoms with E-state index in [1.165, 1.54) is 0 Å². The Hall–Kier alpha value is 0.400. The maximum Gasteiger partial charge on any atom is 0.0841 e. The van der Waals surface area contributed by atoms with Gasteiger partial charge in [0, 0.05) is 16.7 Å². The first-order chi connectivity index (χ1) is 4.72. The van der Waals surface area contributed by atoms with E-state index in [4.69, 9.17) is 0 Å². The van der Waals surface area contributed by atoms with Crippen LogP contribution in [0.5, 0.6) is 0 Å². The van der Waals surface area contributed by atoms with Crippen LogP contribution >= 0.6 is 15.9 Å². The molecule has 2 rings (SSSR count). The molecule has 2 nitrogen and oxygen atoms in total. The van der Waals surface area contributed by atoms with Crippen molar-refractivity contribution in [3.8, 4) is 0 Å². The molecule has 2 bridgehead atoms. The van der Waals surface area contributed by atoms with Crippen LogP contribution in [-0.4, -0.2) is 27.2 Å². The van der Waals surface area contributed by atoms with Gasteiger partial charge in [-0.05, 0) is 12.8 Å². The highest BCUT2D eigenvalue weighted by atomic mass is 79.9. The molecule has 2 saturated carbocycles. The average molecular weight is 207 g/mol. The SMILES string of the molecule is OC1C(O)C2CCC1C2Br. The van der Waals surface area contributed by atoms with Crippen LogP contribution in [-0.2, 0) is 0 Å². The number of aliphatic hydroxyl groups excluding tert-OH is 2. The number of rotatable bonds is 0. The zero-order valence-electron chi connectivity index (χ0n) is 5.57. The first kappa shape index (κ1) is 7.07. The van der Waals surface area contributed by atoms with E-state index in [1.807, 2.05) is 0 Å². The normalized spacial score (nSPS) is 59.7. The van der Waals surface area contributed by atoms with Crippen LogP contribution in [0.3, 0.4) is 0 Å². The first-order valence-electron chi connectivity index (χ1n) is 3.72. The summed E-state index contributed by atoms with van der Waals surface area (Å²) in [6.45, 7) is 0. The lowest BCUT2D eigenvalue weighted by Crippen LogP contribution is -2.31. The first-order valence-corrected chi connectivity index (χ1v) is 4.63. The average Bonchev–Trinajstić information content (AvgIpc) is 2.34. The molecule has 3 heteroatoms. The predicted octanol–water partition coefficient (Wildman–Crippen LogP) is 0.512. The zero-order chi connectivity index (χ0) is 7.30. The minimum atomic E-state index is -0.469. The second kappa shape index (κ2) is 2.19. The van der Waals surface area contributed by atoms with Crippen molar-refractivity contribution in [1.29, 1.82) is 0 Å². The van der Waals surface area contributed by atoms with Gasteiger partial charge in [-0.1, -0.05) is 15.9 Å². The molecule has 0 heterocycles. The summed E-state index contributed by atoms with van der Waals surface area (Å²) in [5.41, 5.74) is 0. The summed E-state index contributed by atoms with van der Waals surface area (Å²) in [6.07, 6.45) is 1.20. The summed E-state index contributed by atoms with van der Waals surface area (Å²) < 4.78 is 0. The van der Waals surface area contributed by atoms with E-state index in [0.29, 0.717) is 16.7 Å². The monoisotopic (exact) mass is 206 g/mol. The van der Waals surface area contributed by atoms with Crippen LogP contribution in [0.15, 0.2) is 0 Å². The Labute approximate surface area is 68.4 Å². The zero-order valence-corrected chi connectivity index (χ0v) is 7.16. The Balaban J connectivity index is 2.21. The molecule has 4 atom stereocenters. The van der Waals surface area contributed by atoms with Crippen LogP contribution in [0.1, 0.15) is 12.8 Å². The molecule has 10 heavy (non-hydrogen) atoms. The van der Waals surface area contributed by atoms with Crippen molar-refractivity contribution in [2.45, 2.75) is 29.9 Å². The molecule has 0 radical (unpaired) electrons. The summed E-state index contributed by atoms with van der Waals surface area (Å²) in [7, 11) is 0. The highest BCUT2D eigenvalue weighted by molar-refractivity contribution is 9.09. The maximum absolute atomic E-state index is 9.38. The molecule has 0 aliphatic heterocycles. The minimum Gasteiger partial charge on any atom is -0.390 e. The van der Waals surface area contributed by atoms with Gasteiger partial charge in [-0.3, -0.25) is 0 Å². The van der Waals surface area contributed by atoms with Gasteiger partial charge < -0.3 is 10.2 Å². The molecule has 58 valence electrons. The van der Waals surface area contributed by atoms with Gasteiger partial charge in [0.15, 0.2) is 0 Å². The van der Waals surface area contributed by atoms with E-state index < -0.39 is 12.2 Å². The van der Waals surface area contributed by atoms with Crippen molar-refractivity contribution in [2.24, 2.45) is 11.8 Å². The van der Waals surface area contributed by atoms with E-state index in [0.717, 1.165) is 12.8 Å². The van der Waals surface area contributed by atoms with Crippen molar-refractivity contribution >= 4 is 15.9 Å². The van der Waals surface area contributed by atoms with Gasteiger partial charge in [0.1, 0.15) is 0 Å². The fourth-order valence-electron chi connectivity index (χ4n) is 2.25. The quantitative estimate of drug-likeness (QED) is 0.568. The van der Waals surface area contributed by atoms with Crippen LogP contribution in [0, 0.1) is 11.8 Å². The second-order valence-electron chi connectivity index (χ2n) is 3.33. The van der Waals surface area contributed by atoms with Gasteiger partial charge in [-0.2, -0.15) is 0 Å². The fraction of sp³-hybridized carbons (Fsp3) is 1.00. The van der Waals surface area contributed by atoms with Gasteiger partial charge in [-0.15, -0.1) is 0 Å². The molecular formula is C7H11BrO2. The molecule has 4 unspecified atom stereocenters. The Morgan fingerprint density at radius 3 is 1.60 bits per heavy atom. The molecule has 0 amide bonds. The number of hydrogen-bond donors (Lipinski definition) is 2. The maximum atomic E-state index is 9.38. The molecule has 0 spiro atoms. The number of alkyl halides is 1. The largest absolute Gasteiger partial charge is 0.390 e. The summed E-state index contributed by atoms with van der Waals surface area (Å²) >= 11 is 3.49. The number of aliphatic hydroxyl groups is 2. The van der Waals surface area contributed by atoms with E-state index >= 15 is 0 Å². The van der Waals surface area contributed by atoms with Gasteiger partial charge in [0.05, 0.1) is 12.2 Å². The van der Waals surface area contributed by atoms with Gasteiger partial charge >= 0.3 is 0 Å². The lowest BCUT2D eigenvalue weighted by atomic mass is 9.95. The Kier molecular flexibility index (Phi) is 1.55. The van der Waals surface area contributed by atoms with Crippen LogP contribution in [0.25, 0.3) is 0 Å². The molecule has 2 N–H and O–H groups in total. The van der Waals surface area contributed by atoms with Crippen molar-refractivity contribution in [3.05, 3.63) is 0 Å². The second-order valence-corrected chi connectivity index (χ2v) is 4.39. The van der Waals surface area contributed by atoms with Crippen molar-refractivity contribution in [3.63, 3.8) is 0 Å². The van der Waals surface area contributed by atoms with Crippen LogP contribution in [0.4, 0.5) is 0 Å². The van der Waals surface area contributed by atoms with E-state index in [2.05, 4.69) is 15.9 Å². The predicted molar refractivity (Wildman–Crippen MR) is 40.9 cm³/mol.